The van der Waals surface area contributed by atoms with E-state index in [0.29, 0.717) is 13.1 Å². The second-order valence-corrected chi connectivity index (χ2v) is 14.2. The van der Waals surface area contributed by atoms with Gasteiger partial charge in [0.25, 0.3) is 5.56 Å². The Balaban J connectivity index is 2.44. The molecule has 5 atom stereocenters. The lowest BCUT2D eigenvalue weighted by Gasteiger charge is -2.27. The molecule has 0 spiro atoms. The molecular formula is C25H41N4O10P. The molecule has 1 aliphatic rings. The fourth-order valence-corrected chi connectivity index (χ4v) is 5.98. The summed E-state index contributed by atoms with van der Waals surface area (Å²) in [6, 6.07) is 0. The summed E-state index contributed by atoms with van der Waals surface area (Å²) in [6.45, 7) is 7.05. The molecular weight excluding hydrogens is 547 g/mol. The predicted octanol–water partition coefficient (Wildman–Crippen LogP) is -0.0708. The van der Waals surface area contributed by atoms with Crippen LogP contribution in [-0.4, -0.2) is 111 Å². The molecule has 40 heavy (non-hydrogen) atoms. The largest absolute Gasteiger partial charge is 0.469 e. The monoisotopic (exact) mass is 588 g/mol. The molecule has 1 aromatic heterocycles. The third kappa shape index (κ3) is 9.99. The van der Waals surface area contributed by atoms with Gasteiger partial charge in [0, 0.05) is 31.0 Å². The van der Waals surface area contributed by atoms with Gasteiger partial charge >= 0.3 is 17.6 Å². The fourth-order valence-electron chi connectivity index (χ4n) is 4.39. The Morgan fingerprint density at radius 2 is 1.82 bits per heavy atom. The van der Waals surface area contributed by atoms with Crippen LogP contribution in [0, 0.1) is 12.8 Å². The minimum Gasteiger partial charge on any atom is -0.469 e. The van der Waals surface area contributed by atoms with Gasteiger partial charge in [-0.15, -0.1) is 0 Å². The zero-order valence-corrected chi connectivity index (χ0v) is 25.0. The smallest absolute Gasteiger partial charge is 0.330 e. The zero-order valence-electron chi connectivity index (χ0n) is 24.1. The molecule has 0 bridgehead atoms. The van der Waals surface area contributed by atoms with Crippen molar-refractivity contribution in [1.29, 1.82) is 0 Å². The number of rotatable bonds is 14. The summed E-state index contributed by atoms with van der Waals surface area (Å²) in [4.78, 5) is 65.8. The van der Waals surface area contributed by atoms with E-state index in [1.54, 1.807) is 20.3 Å². The van der Waals surface area contributed by atoms with Gasteiger partial charge in [-0.2, -0.15) is 0 Å². The molecule has 0 aromatic carbocycles. The Kier molecular flexibility index (Phi) is 12.3. The van der Waals surface area contributed by atoms with Crippen molar-refractivity contribution in [3.8, 4) is 0 Å². The number of carbonyl (C=O) groups excluding carboxylic acids is 3. The summed E-state index contributed by atoms with van der Waals surface area (Å²) in [5.41, 5.74) is -1.14. The van der Waals surface area contributed by atoms with Gasteiger partial charge in [0.15, 0.2) is 12.3 Å². The molecule has 2 rings (SSSR count). The van der Waals surface area contributed by atoms with E-state index < -0.39 is 73.3 Å². The normalized spacial score (nSPS) is 21.7. The highest BCUT2D eigenvalue weighted by Gasteiger charge is 2.51. The number of likely N-dealkylation sites (N-methyl/N-ethyl adjacent to an activating group) is 1. The second kappa shape index (κ2) is 14.7. The van der Waals surface area contributed by atoms with Crippen LogP contribution in [0.1, 0.15) is 31.6 Å². The van der Waals surface area contributed by atoms with Crippen LogP contribution in [-0.2, 0) is 37.9 Å². The molecule has 0 aliphatic carbocycles. The second-order valence-electron chi connectivity index (χ2n) is 10.7. The molecule has 1 fully saturated rings. The number of nitrogens with one attached hydrogen (secondary N) is 2. The molecule has 15 heteroatoms. The quantitative estimate of drug-likeness (QED) is 0.220. The van der Waals surface area contributed by atoms with Crippen LogP contribution in [0.3, 0.4) is 0 Å². The summed E-state index contributed by atoms with van der Waals surface area (Å²) in [5, 5.41) is 2.72. The molecule has 0 radical (unpaired) electrons. The van der Waals surface area contributed by atoms with E-state index in [9.17, 15) is 28.5 Å². The molecule has 2 N–H and O–H groups in total. The summed E-state index contributed by atoms with van der Waals surface area (Å²) < 4.78 is 36.3. The van der Waals surface area contributed by atoms with E-state index in [-0.39, 0.29) is 24.6 Å². The summed E-state index contributed by atoms with van der Waals surface area (Å²) in [5.74, 6) is -2.21. The SMILES string of the molecule is COC(=O)CCC(=O)O[C@H]1[C@@H](OCC(=O)NCCN(C)C)[C@H](n2cc(C)c(=O)[nH]c2=O)O[C@@H]1[C@H](C)CP(C)(C)=O. The van der Waals surface area contributed by atoms with Gasteiger partial charge in [0.1, 0.15) is 18.8 Å². The Morgan fingerprint density at radius 3 is 2.42 bits per heavy atom. The first-order valence-corrected chi connectivity index (χ1v) is 15.7. The number of nitrogens with zero attached hydrogens (tertiary/aromatic N) is 2. The van der Waals surface area contributed by atoms with Crippen molar-refractivity contribution in [1.82, 2.24) is 19.8 Å². The molecule has 1 aliphatic heterocycles. The molecule has 2 heterocycles. The lowest BCUT2D eigenvalue weighted by molar-refractivity contribution is -0.161. The summed E-state index contributed by atoms with van der Waals surface area (Å²) >= 11 is 0. The number of methoxy groups -OCH3 is 1. The minimum absolute atomic E-state index is 0.218. The molecule has 0 unspecified atom stereocenters. The van der Waals surface area contributed by atoms with E-state index >= 15 is 0 Å². The van der Waals surface area contributed by atoms with Crippen molar-refractivity contribution >= 4 is 25.0 Å². The third-order valence-corrected chi connectivity index (χ3v) is 7.71. The van der Waals surface area contributed by atoms with E-state index in [1.807, 2.05) is 19.0 Å². The maximum Gasteiger partial charge on any atom is 0.330 e. The number of hydrogen-bond donors (Lipinski definition) is 2. The highest BCUT2D eigenvalue weighted by Crippen LogP contribution is 2.43. The zero-order chi connectivity index (χ0) is 30.2. The van der Waals surface area contributed by atoms with Gasteiger partial charge in [-0.05, 0) is 40.3 Å². The van der Waals surface area contributed by atoms with Gasteiger partial charge in [0.2, 0.25) is 5.91 Å². The number of ether oxygens (including phenoxy) is 4. The Hall–Kier alpha value is -2.80. The number of hydrogen-bond acceptors (Lipinski definition) is 11. The van der Waals surface area contributed by atoms with Crippen molar-refractivity contribution < 1.29 is 37.9 Å². The molecule has 1 amide bonds. The Labute approximate surface area is 233 Å². The van der Waals surface area contributed by atoms with Crippen LogP contribution < -0.4 is 16.6 Å². The average Bonchev–Trinajstić information content (AvgIpc) is 3.19. The van der Waals surface area contributed by atoms with Gasteiger partial charge in [-0.1, -0.05) is 6.92 Å². The molecule has 1 aromatic rings. The first kappa shape index (κ1) is 33.4. The first-order valence-electron chi connectivity index (χ1n) is 12.9. The van der Waals surface area contributed by atoms with E-state index in [0.717, 1.165) is 4.57 Å². The van der Waals surface area contributed by atoms with Crippen LogP contribution in [0.4, 0.5) is 0 Å². The maximum atomic E-state index is 12.8. The number of aromatic amines is 1. The van der Waals surface area contributed by atoms with Crippen molar-refractivity contribution in [3.05, 3.63) is 32.6 Å². The lowest BCUT2D eigenvalue weighted by Crippen LogP contribution is -2.44. The highest BCUT2D eigenvalue weighted by atomic mass is 31.2. The number of amides is 1. The van der Waals surface area contributed by atoms with Gasteiger partial charge in [0.05, 0.1) is 27.1 Å². The molecule has 1 saturated heterocycles. The summed E-state index contributed by atoms with van der Waals surface area (Å²) in [6.07, 6.45) is -3.35. The van der Waals surface area contributed by atoms with Crippen LogP contribution in [0.5, 0.6) is 0 Å². The van der Waals surface area contributed by atoms with Gasteiger partial charge in [-0.25, -0.2) is 4.79 Å². The standard InChI is InChI=1S/C25H41N4O10P/c1-15-12-29(25(34)27-23(15)33)24-22(37-13-17(30)26-10-11-28(3)4)21(38-19(32)9-8-18(31)36-5)20(39-24)16(2)14-40(6,7)35/h12,16,20-22,24H,8-11,13-14H2,1-7H3,(H,26,30)(H,27,33,34)/t16-,20-,21-,22-,24-/m1/s1. The van der Waals surface area contributed by atoms with Crippen LogP contribution in [0.2, 0.25) is 0 Å². The molecule has 0 saturated carbocycles. The highest BCUT2D eigenvalue weighted by molar-refractivity contribution is 7.62. The van der Waals surface area contributed by atoms with Crippen molar-refractivity contribution in [2.24, 2.45) is 5.92 Å². The van der Waals surface area contributed by atoms with Crippen molar-refractivity contribution in [3.63, 3.8) is 0 Å². The van der Waals surface area contributed by atoms with Crippen molar-refractivity contribution in [2.75, 3.05) is 60.4 Å². The lowest BCUT2D eigenvalue weighted by atomic mass is 9.99. The number of esters is 2. The van der Waals surface area contributed by atoms with E-state index in [4.69, 9.17) is 14.2 Å². The molecule has 226 valence electrons. The van der Waals surface area contributed by atoms with E-state index in [1.165, 1.54) is 20.2 Å². The minimum atomic E-state index is -2.56. The predicted molar refractivity (Wildman–Crippen MR) is 146 cm³/mol. The number of H-pyrrole nitrogens is 1. The Morgan fingerprint density at radius 1 is 1.18 bits per heavy atom. The average molecular weight is 589 g/mol. The molecule has 14 nitrogen and oxygen atoms in total. The first-order chi connectivity index (χ1) is 18.6. The summed E-state index contributed by atoms with van der Waals surface area (Å²) in [7, 11) is 2.36. The maximum absolute atomic E-state index is 12.8. The third-order valence-electron chi connectivity index (χ3n) is 6.25. The van der Waals surface area contributed by atoms with Crippen LogP contribution in [0.15, 0.2) is 15.8 Å². The van der Waals surface area contributed by atoms with Crippen LogP contribution >= 0.6 is 7.14 Å². The van der Waals surface area contributed by atoms with E-state index in [2.05, 4.69) is 15.0 Å². The number of aromatic nitrogens is 2. The van der Waals surface area contributed by atoms with Gasteiger partial charge in [-0.3, -0.25) is 28.7 Å². The van der Waals surface area contributed by atoms with Gasteiger partial charge < -0.3 is 33.7 Å². The fraction of sp³-hybridized carbons (Fsp3) is 0.720. The van der Waals surface area contributed by atoms with Crippen molar-refractivity contribution in [2.45, 2.75) is 51.2 Å². The number of aryl methyl sites for hydroxylation is 1. The Bertz CT molecular complexity index is 1210. The number of carbonyl (C=O) groups is 3. The van der Waals surface area contributed by atoms with Crippen LogP contribution in [0.25, 0.3) is 0 Å². The topological polar surface area (TPSA) is 175 Å².